The van der Waals surface area contributed by atoms with E-state index in [-0.39, 0.29) is 0 Å². The Kier molecular flexibility index (Phi) is 2.97. The molecule has 0 spiro atoms. The first-order valence-electron chi connectivity index (χ1n) is 6.61. The third-order valence-corrected chi connectivity index (χ3v) is 3.93. The number of aryl methyl sites for hydroxylation is 1. The summed E-state index contributed by atoms with van der Waals surface area (Å²) in [6, 6.07) is 0. The van der Waals surface area contributed by atoms with Gasteiger partial charge in [-0.15, -0.1) is 0 Å². The summed E-state index contributed by atoms with van der Waals surface area (Å²) in [7, 11) is 2.03. The first-order chi connectivity index (χ1) is 8.38. The van der Waals surface area contributed by atoms with Crippen molar-refractivity contribution >= 4 is 5.82 Å². The second kappa shape index (κ2) is 4.61. The minimum absolute atomic E-state index is 0.770. The van der Waals surface area contributed by atoms with Gasteiger partial charge in [0.15, 0.2) is 0 Å². The van der Waals surface area contributed by atoms with Gasteiger partial charge in [0.1, 0.15) is 12.1 Å². The van der Waals surface area contributed by atoms with Crippen LogP contribution in [0.3, 0.4) is 0 Å². The van der Waals surface area contributed by atoms with Gasteiger partial charge in [-0.1, -0.05) is 0 Å². The molecule has 0 bridgehead atoms. The Hall–Kier alpha value is -1.16. The number of hydrogen-bond donors (Lipinski definition) is 1. The van der Waals surface area contributed by atoms with Gasteiger partial charge >= 0.3 is 0 Å². The molecule has 1 unspecified atom stereocenters. The van der Waals surface area contributed by atoms with Crippen LogP contribution < -0.4 is 10.2 Å². The molecule has 92 valence electrons. The van der Waals surface area contributed by atoms with Crippen molar-refractivity contribution in [1.29, 1.82) is 0 Å². The van der Waals surface area contributed by atoms with Gasteiger partial charge < -0.3 is 10.2 Å². The van der Waals surface area contributed by atoms with Gasteiger partial charge in [0.25, 0.3) is 0 Å². The van der Waals surface area contributed by atoms with Crippen molar-refractivity contribution in [3.8, 4) is 0 Å². The smallest absolute Gasteiger partial charge is 0.135 e. The van der Waals surface area contributed by atoms with Gasteiger partial charge in [0.2, 0.25) is 0 Å². The fraction of sp³-hybridized carbons (Fsp3) is 0.692. The Balaban J connectivity index is 1.79. The van der Waals surface area contributed by atoms with Crippen molar-refractivity contribution in [3.05, 3.63) is 17.6 Å². The Morgan fingerprint density at radius 2 is 2.35 bits per heavy atom. The standard InChI is InChI=1S/C13H20N4/c1-14-7-10-5-6-17(8-10)13-11-3-2-4-12(11)15-9-16-13/h9-10,14H,2-8H2,1H3. The Morgan fingerprint density at radius 1 is 1.41 bits per heavy atom. The summed E-state index contributed by atoms with van der Waals surface area (Å²) in [4.78, 5) is 11.4. The number of rotatable bonds is 3. The summed E-state index contributed by atoms with van der Waals surface area (Å²) < 4.78 is 0. The van der Waals surface area contributed by atoms with Crippen molar-refractivity contribution in [3.63, 3.8) is 0 Å². The topological polar surface area (TPSA) is 41.0 Å². The maximum absolute atomic E-state index is 4.52. The number of aromatic nitrogens is 2. The van der Waals surface area contributed by atoms with Crippen molar-refractivity contribution in [2.45, 2.75) is 25.7 Å². The largest absolute Gasteiger partial charge is 0.356 e. The summed E-state index contributed by atoms with van der Waals surface area (Å²) in [6.45, 7) is 3.41. The van der Waals surface area contributed by atoms with E-state index in [0.717, 1.165) is 32.0 Å². The molecule has 1 fully saturated rings. The number of anilines is 1. The summed E-state index contributed by atoms with van der Waals surface area (Å²) in [5, 5.41) is 3.27. The third kappa shape index (κ3) is 2.02. The molecule has 4 heteroatoms. The lowest BCUT2D eigenvalue weighted by molar-refractivity contribution is 0.548. The van der Waals surface area contributed by atoms with Gasteiger partial charge in [-0.3, -0.25) is 0 Å². The highest BCUT2D eigenvalue weighted by Gasteiger charge is 2.27. The highest BCUT2D eigenvalue weighted by atomic mass is 15.2. The highest BCUT2D eigenvalue weighted by molar-refractivity contribution is 5.51. The molecule has 1 aliphatic carbocycles. The zero-order chi connectivity index (χ0) is 11.7. The molecule has 17 heavy (non-hydrogen) atoms. The zero-order valence-electron chi connectivity index (χ0n) is 10.4. The maximum Gasteiger partial charge on any atom is 0.135 e. The van der Waals surface area contributed by atoms with Gasteiger partial charge in [-0.2, -0.15) is 0 Å². The van der Waals surface area contributed by atoms with Gasteiger partial charge in [0, 0.05) is 24.3 Å². The molecular formula is C13H20N4. The van der Waals surface area contributed by atoms with Crippen LogP contribution in [-0.4, -0.2) is 36.6 Å². The van der Waals surface area contributed by atoms with Crippen LogP contribution in [0.25, 0.3) is 0 Å². The van der Waals surface area contributed by atoms with Crippen molar-refractivity contribution in [2.24, 2.45) is 5.92 Å². The van der Waals surface area contributed by atoms with Gasteiger partial charge in [-0.25, -0.2) is 9.97 Å². The molecule has 1 saturated heterocycles. The molecule has 0 amide bonds. The van der Waals surface area contributed by atoms with Crippen LogP contribution in [0.4, 0.5) is 5.82 Å². The monoisotopic (exact) mass is 232 g/mol. The molecule has 1 aromatic rings. The molecule has 3 rings (SSSR count). The molecule has 2 aliphatic rings. The fourth-order valence-corrected chi connectivity index (χ4v) is 3.10. The Morgan fingerprint density at radius 3 is 3.24 bits per heavy atom. The maximum atomic E-state index is 4.52. The van der Waals surface area contributed by atoms with Crippen molar-refractivity contribution in [2.75, 3.05) is 31.6 Å². The van der Waals surface area contributed by atoms with Crippen molar-refractivity contribution < 1.29 is 0 Å². The Bertz CT molecular complexity index is 404. The van der Waals surface area contributed by atoms with Crippen LogP contribution in [0, 0.1) is 5.92 Å². The second-order valence-corrected chi connectivity index (χ2v) is 5.13. The lowest BCUT2D eigenvalue weighted by atomic mass is 10.1. The molecule has 0 saturated carbocycles. The number of nitrogens with zero attached hydrogens (tertiary/aromatic N) is 3. The molecule has 2 heterocycles. The van der Waals surface area contributed by atoms with E-state index in [4.69, 9.17) is 0 Å². The molecule has 0 radical (unpaired) electrons. The molecule has 1 atom stereocenters. The third-order valence-electron chi connectivity index (χ3n) is 3.93. The van der Waals surface area contributed by atoms with E-state index in [2.05, 4.69) is 20.2 Å². The molecular weight excluding hydrogens is 212 g/mol. The second-order valence-electron chi connectivity index (χ2n) is 5.13. The Labute approximate surface area is 102 Å². The van der Waals surface area contributed by atoms with Gasteiger partial charge in [0.05, 0.1) is 0 Å². The average molecular weight is 232 g/mol. The van der Waals surface area contributed by atoms with E-state index in [0.29, 0.717) is 0 Å². The molecule has 1 aliphatic heterocycles. The summed E-state index contributed by atoms with van der Waals surface area (Å²) in [5.74, 6) is 1.98. The quantitative estimate of drug-likeness (QED) is 0.844. The summed E-state index contributed by atoms with van der Waals surface area (Å²) in [5.41, 5.74) is 2.70. The lowest BCUT2D eigenvalue weighted by Gasteiger charge is -2.20. The van der Waals surface area contributed by atoms with E-state index in [1.54, 1.807) is 6.33 Å². The van der Waals surface area contributed by atoms with Crippen LogP contribution in [-0.2, 0) is 12.8 Å². The van der Waals surface area contributed by atoms with E-state index in [9.17, 15) is 0 Å². The molecule has 4 nitrogen and oxygen atoms in total. The number of hydrogen-bond acceptors (Lipinski definition) is 4. The first-order valence-corrected chi connectivity index (χ1v) is 6.61. The predicted octanol–water partition coefficient (Wildman–Crippen LogP) is 1.01. The average Bonchev–Trinajstić information content (AvgIpc) is 2.96. The van der Waals surface area contributed by atoms with Crippen LogP contribution in [0.5, 0.6) is 0 Å². The SMILES string of the molecule is CNCC1CCN(c2ncnc3c2CCC3)C1. The highest BCUT2D eigenvalue weighted by Crippen LogP contribution is 2.30. The van der Waals surface area contributed by atoms with E-state index >= 15 is 0 Å². The molecule has 0 aromatic carbocycles. The lowest BCUT2D eigenvalue weighted by Crippen LogP contribution is -2.25. The van der Waals surface area contributed by atoms with Crippen molar-refractivity contribution in [1.82, 2.24) is 15.3 Å². The number of nitrogens with one attached hydrogen (secondary N) is 1. The van der Waals surface area contributed by atoms with E-state index in [1.165, 1.54) is 36.3 Å². The van der Waals surface area contributed by atoms with Crippen LogP contribution in [0.2, 0.25) is 0 Å². The van der Waals surface area contributed by atoms with Crippen LogP contribution in [0.15, 0.2) is 6.33 Å². The van der Waals surface area contributed by atoms with E-state index < -0.39 is 0 Å². The minimum Gasteiger partial charge on any atom is -0.356 e. The molecule has 1 N–H and O–H groups in total. The number of fused-ring (bicyclic) bond motifs is 1. The summed E-state index contributed by atoms with van der Waals surface area (Å²) >= 11 is 0. The fourth-order valence-electron chi connectivity index (χ4n) is 3.10. The predicted molar refractivity (Wildman–Crippen MR) is 68.3 cm³/mol. The normalized spacial score (nSPS) is 23.1. The molecule has 1 aromatic heterocycles. The van der Waals surface area contributed by atoms with Gasteiger partial charge in [-0.05, 0) is 45.2 Å². The van der Waals surface area contributed by atoms with Crippen LogP contribution in [0.1, 0.15) is 24.1 Å². The van der Waals surface area contributed by atoms with E-state index in [1.807, 2.05) is 7.05 Å². The first kappa shape index (κ1) is 11.0. The summed E-state index contributed by atoms with van der Waals surface area (Å²) in [6.07, 6.45) is 6.57. The van der Waals surface area contributed by atoms with Crippen LogP contribution >= 0.6 is 0 Å². The minimum atomic E-state index is 0.770. The zero-order valence-corrected chi connectivity index (χ0v) is 10.4.